The zero-order valence-corrected chi connectivity index (χ0v) is 25.0. The summed E-state index contributed by atoms with van der Waals surface area (Å²) in [5.41, 5.74) is 9.44. The largest absolute Gasteiger partial charge is 0.473 e. The van der Waals surface area contributed by atoms with Gasteiger partial charge in [-0.25, -0.2) is 14.8 Å². The molecule has 2 aromatic heterocycles. The average molecular weight is 587 g/mol. The van der Waals surface area contributed by atoms with E-state index in [1.54, 1.807) is 6.07 Å². The highest BCUT2D eigenvalue weighted by Gasteiger charge is 2.16. The van der Waals surface area contributed by atoms with Gasteiger partial charge in [-0.05, 0) is 90.4 Å². The van der Waals surface area contributed by atoms with Crippen LogP contribution < -0.4 is 4.74 Å². The van der Waals surface area contributed by atoms with Crippen LogP contribution in [0.15, 0.2) is 72.8 Å². The summed E-state index contributed by atoms with van der Waals surface area (Å²) in [7, 11) is 3.37. The number of hydrogen-bond acceptors (Lipinski definition) is 7. The molecule has 0 radical (unpaired) electrons. The first-order valence-corrected chi connectivity index (χ1v) is 14.9. The van der Waals surface area contributed by atoms with Crippen molar-refractivity contribution in [1.82, 2.24) is 14.5 Å². The van der Waals surface area contributed by atoms with Gasteiger partial charge >= 0.3 is 5.97 Å². The highest BCUT2D eigenvalue weighted by molar-refractivity contribution is 5.93. The van der Waals surface area contributed by atoms with Crippen molar-refractivity contribution in [3.05, 3.63) is 112 Å². The van der Waals surface area contributed by atoms with Crippen LogP contribution in [0.3, 0.4) is 0 Å². The van der Waals surface area contributed by atoms with Crippen molar-refractivity contribution in [2.24, 2.45) is 7.05 Å². The van der Waals surface area contributed by atoms with Crippen LogP contribution in [0.1, 0.15) is 56.8 Å². The number of nitrogens with zero attached hydrogens (tertiary/aromatic N) is 4. The highest BCUT2D eigenvalue weighted by Crippen LogP contribution is 2.28. The summed E-state index contributed by atoms with van der Waals surface area (Å²) in [6.45, 7) is 2.41. The molecular formula is C36H34N4O4. The van der Waals surface area contributed by atoms with Crippen LogP contribution in [0.2, 0.25) is 0 Å². The Morgan fingerprint density at radius 2 is 1.77 bits per heavy atom. The summed E-state index contributed by atoms with van der Waals surface area (Å²) < 4.78 is 17.7. The van der Waals surface area contributed by atoms with Crippen LogP contribution in [0, 0.1) is 11.3 Å². The van der Waals surface area contributed by atoms with Gasteiger partial charge in [-0.2, -0.15) is 5.26 Å². The fourth-order valence-corrected chi connectivity index (χ4v) is 5.49. The molecule has 0 N–H and O–H groups in total. The minimum atomic E-state index is -0.363. The third-order valence-electron chi connectivity index (χ3n) is 8.15. The number of aryl methyl sites for hydroxylation is 3. The number of aromatic nitrogens is 3. The third-order valence-corrected chi connectivity index (χ3v) is 8.15. The van der Waals surface area contributed by atoms with E-state index in [4.69, 9.17) is 24.2 Å². The van der Waals surface area contributed by atoms with Crippen molar-refractivity contribution in [2.45, 2.75) is 38.7 Å². The van der Waals surface area contributed by atoms with Crippen molar-refractivity contribution in [3.8, 4) is 23.2 Å². The molecule has 4 bridgehead atoms. The molecule has 8 nitrogen and oxygen atoms in total. The summed E-state index contributed by atoms with van der Waals surface area (Å²) in [5.74, 6) is 1.13. The van der Waals surface area contributed by atoms with E-state index in [-0.39, 0.29) is 5.97 Å². The first kappa shape index (κ1) is 29.1. The molecule has 1 fully saturated rings. The molecule has 1 saturated heterocycles. The lowest BCUT2D eigenvalue weighted by molar-refractivity contribution is 0.0367. The minimum Gasteiger partial charge on any atom is -0.473 e. The second kappa shape index (κ2) is 13.1. The SMILES string of the molecule is C1COC1.COC(=O)c1ccc2nc(Cc3ccc4cc3CCCc3cc(C#N)ccc3COc3cccc-4n3)n(C)c2c1. The molecule has 4 heterocycles. The van der Waals surface area contributed by atoms with Gasteiger partial charge in [0.2, 0.25) is 5.88 Å². The number of benzene rings is 3. The lowest BCUT2D eigenvalue weighted by Crippen LogP contribution is -2.09. The van der Waals surface area contributed by atoms with E-state index in [0.717, 1.165) is 71.7 Å². The molecule has 0 aliphatic carbocycles. The topological polar surface area (TPSA) is 99.3 Å². The Hall–Kier alpha value is -5.00. The van der Waals surface area contributed by atoms with Crippen LogP contribution in [-0.4, -0.2) is 40.8 Å². The van der Waals surface area contributed by atoms with Gasteiger partial charge in [0.1, 0.15) is 12.4 Å². The molecule has 44 heavy (non-hydrogen) atoms. The summed E-state index contributed by atoms with van der Waals surface area (Å²) in [6, 6.07) is 25.9. The normalized spacial score (nSPS) is 13.8. The Labute approximate surface area is 256 Å². The van der Waals surface area contributed by atoms with Crippen LogP contribution in [0.4, 0.5) is 0 Å². The quantitative estimate of drug-likeness (QED) is 0.227. The molecule has 3 aromatic carbocycles. The van der Waals surface area contributed by atoms with E-state index in [9.17, 15) is 10.1 Å². The Morgan fingerprint density at radius 1 is 0.955 bits per heavy atom. The Kier molecular flexibility index (Phi) is 8.67. The first-order valence-electron chi connectivity index (χ1n) is 14.9. The first-order chi connectivity index (χ1) is 21.5. The van der Waals surface area contributed by atoms with Crippen molar-refractivity contribution < 1.29 is 19.0 Å². The lowest BCUT2D eigenvalue weighted by Gasteiger charge is -2.13. The van der Waals surface area contributed by atoms with Gasteiger partial charge in [-0.15, -0.1) is 0 Å². The summed E-state index contributed by atoms with van der Waals surface area (Å²) in [4.78, 5) is 21.7. The van der Waals surface area contributed by atoms with Gasteiger partial charge in [0.15, 0.2) is 0 Å². The molecule has 5 aromatic rings. The maximum atomic E-state index is 12.1. The molecule has 0 saturated carbocycles. The second-order valence-corrected chi connectivity index (χ2v) is 11.0. The molecule has 0 amide bonds. The van der Waals surface area contributed by atoms with Gasteiger partial charge in [-0.3, -0.25) is 0 Å². The number of rotatable bonds is 3. The predicted molar refractivity (Wildman–Crippen MR) is 167 cm³/mol. The Morgan fingerprint density at radius 3 is 2.55 bits per heavy atom. The Bertz CT molecular complexity index is 1860. The number of fused-ring (bicyclic) bond motifs is 7. The van der Waals surface area contributed by atoms with Crippen LogP contribution in [0.5, 0.6) is 5.88 Å². The van der Waals surface area contributed by atoms with E-state index in [2.05, 4.69) is 24.3 Å². The van der Waals surface area contributed by atoms with Crippen LogP contribution in [-0.2, 0) is 42.4 Å². The fraction of sp³-hybridized carbons (Fsp3) is 0.278. The van der Waals surface area contributed by atoms with E-state index < -0.39 is 0 Å². The lowest BCUT2D eigenvalue weighted by atomic mass is 9.93. The fourth-order valence-electron chi connectivity index (χ4n) is 5.49. The number of nitriles is 1. The number of hydrogen-bond donors (Lipinski definition) is 0. The van der Waals surface area contributed by atoms with Gasteiger partial charge in [-0.1, -0.05) is 24.3 Å². The molecule has 0 atom stereocenters. The molecule has 222 valence electrons. The number of ether oxygens (including phenoxy) is 3. The van der Waals surface area contributed by atoms with Crippen molar-refractivity contribution in [1.29, 1.82) is 5.26 Å². The van der Waals surface area contributed by atoms with Gasteiger partial charge < -0.3 is 18.8 Å². The average Bonchev–Trinajstić information content (AvgIpc) is 3.33. The second-order valence-electron chi connectivity index (χ2n) is 11.0. The predicted octanol–water partition coefficient (Wildman–Crippen LogP) is 6.36. The molecular weight excluding hydrogens is 552 g/mol. The van der Waals surface area contributed by atoms with Gasteiger partial charge in [0.05, 0.1) is 41.0 Å². The van der Waals surface area contributed by atoms with Gasteiger partial charge in [0.25, 0.3) is 0 Å². The van der Waals surface area contributed by atoms with Gasteiger partial charge in [0, 0.05) is 38.3 Å². The molecule has 8 heteroatoms. The number of esters is 1. The monoisotopic (exact) mass is 586 g/mol. The number of carbonyl (C=O) groups is 1. The molecule has 2 aliphatic rings. The van der Waals surface area contributed by atoms with Crippen molar-refractivity contribution >= 4 is 17.0 Å². The number of imidazole rings is 1. The highest BCUT2D eigenvalue weighted by atomic mass is 16.5. The summed E-state index contributed by atoms with van der Waals surface area (Å²) >= 11 is 0. The van der Waals surface area contributed by atoms with E-state index in [1.165, 1.54) is 24.7 Å². The zero-order chi connectivity index (χ0) is 30.5. The standard InChI is InChI=1S/C33H28N4O3.C3H6O/c1-37-30-17-26(33(38)39-2)13-14-29(30)35-31(37)18-24-11-12-25-16-23(24)6-3-5-22-15-21(19-34)9-10-27(22)20-40-32-8-4-7-28(25)36-32;1-2-4-3-1/h4,7-17H,3,5-6,18,20H2,1-2H3;1-3H2. The number of methoxy groups -OCH3 is 1. The smallest absolute Gasteiger partial charge is 0.337 e. The minimum absolute atomic E-state index is 0.363. The summed E-state index contributed by atoms with van der Waals surface area (Å²) in [5, 5.41) is 9.45. The van der Waals surface area contributed by atoms with E-state index >= 15 is 0 Å². The van der Waals surface area contributed by atoms with E-state index in [1.807, 2.05) is 60.1 Å². The zero-order valence-electron chi connectivity index (χ0n) is 25.0. The maximum absolute atomic E-state index is 12.1. The van der Waals surface area contributed by atoms with Crippen molar-refractivity contribution in [3.63, 3.8) is 0 Å². The maximum Gasteiger partial charge on any atom is 0.337 e. The number of pyridine rings is 1. The third kappa shape index (κ3) is 6.34. The molecule has 0 spiro atoms. The Balaban J connectivity index is 0.000000794. The molecule has 0 unspecified atom stereocenters. The number of carbonyl (C=O) groups excluding carboxylic acids is 1. The molecule has 7 rings (SSSR count). The molecule has 2 aliphatic heterocycles. The van der Waals surface area contributed by atoms with Crippen molar-refractivity contribution in [2.75, 3.05) is 20.3 Å². The van der Waals surface area contributed by atoms with E-state index in [0.29, 0.717) is 30.0 Å². The van der Waals surface area contributed by atoms with Crippen LogP contribution >= 0.6 is 0 Å². The summed E-state index contributed by atoms with van der Waals surface area (Å²) in [6.07, 6.45) is 4.57. The van der Waals surface area contributed by atoms with Crippen LogP contribution in [0.25, 0.3) is 22.3 Å².